The lowest BCUT2D eigenvalue weighted by molar-refractivity contribution is -0.136. The number of carbonyl (C=O) groups excluding carboxylic acids is 4. The van der Waals surface area contributed by atoms with E-state index in [1.165, 1.54) is 6.20 Å². The molecule has 4 heterocycles. The van der Waals surface area contributed by atoms with Gasteiger partial charge in [-0.05, 0) is 86.2 Å². The second-order valence-electron chi connectivity index (χ2n) is 16.2. The van der Waals surface area contributed by atoms with Gasteiger partial charge in [-0.3, -0.25) is 19.7 Å². The molecule has 8 rings (SSSR count). The predicted molar refractivity (Wildman–Crippen MR) is 242 cm³/mol. The number of nitrogens with zero attached hydrogens (tertiary/aromatic N) is 6. The molecule has 0 radical (unpaired) electrons. The van der Waals surface area contributed by atoms with Crippen LogP contribution in [0.5, 0.6) is 0 Å². The van der Waals surface area contributed by atoms with Crippen LogP contribution in [-0.2, 0) is 20.9 Å². The molecule has 1 aromatic heterocycles. The lowest BCUT2D eigenvalue weighted by atomic mass is 9.91. The first-order valence-electron chi connectivity index (χ1n) is 21.7. The maximum Gasteiger partial charge on any atom is 0.317 e. The van der Waals surface area contributed by atoms with Gasteiger partial charge in [-0.1, -0.05) is 41.6 Å². The van der Waals surface area contributed by atoms with Crippen molar-refractivity contribution in [3.8, 4) is 17.9 Å². The Labute approximate surface area is 377 Å². The summed E-state index contributed by atoms with van der Waals surface area (Å²) in [4.78, 5) is 64.8. The van der Waals surface area contributed by atoms with Gasteiger partial charge in [-0.25, -0.2) is 9.78 Å². The Balaban J connectivity index is 0.692. The summed E-state index contributed by atoms with van der Waals surface area (Å²) in [5.74, 6) is 6.15. The van der Waals surface area contributed by atoms with E-state index < -0.39 is 11.9 Å². The number of imide groups is 1. The van der Waals surface area contributed by atoms with Crippen molar-refractivity contribution in [1.82, 2.24) is 35.7 Å². The van der Waals surface area contributed by atoms with Crippen LogP contribution < -0.4 is 31.5 Å². The third-order valence-electron chi connectivity index (χ3n) is 12.0. The van der Waals surface area contributed by atoms with Crippen LogP contribution in [-0.4, -0.2) is 108 Å². The van der Waals surface area contributed by atoms with Gasteiger partial charge in [-0.15, -0.1) is 0 Å². The molecule has 4 aliphatic rings. The highest BCUT2D eigenvalue weighted by atomic mass is 35.5. The maximum atomic E-state index is 13.2. The van der Waals surface area contributed by atoms with Crippen LogP contribution >= 0.6 is 11.6 Å². The summed E-state index contributed by atoms with van der Waals surface area (Å²) in [6, 6.07) is 22.6. The van der Waals surface area contributed by atoms with E-state index >= 15 is 0 Å². The molecule has 17 heteroatoms. The quantitative estimate of drug-likeness (QED) is 0.0649. The molecular formula is C47H50ClN11O5. The minimum atomic E-state index is -0.653. The third kappa shape index (κ3) is 10.7. The molecule has 1 aliphatic carbocycles. The molecule has 0 bridgehead atoms. The number of para-hydroxylation sites is 1. The molecule has 1 atom stereocenters. The largest absolute Gasteiger partial charge is 0.379 e. The van der Waals surface area contributed by atoms with E-state index in [2.05, 4.69) is 59.4 Å². The van der Waals surface area contributed by atoms with Gasteiger partial charge >= 0.3 is 6.03 Å². The zero-order valence-electron chi connectivity index (χ0n) is 35.4. The van der Waals surface area contributed by atoms with Crippen molar-refractivity contribution >= 4 is 64.2 Å². The normalized spacial score (nSPS) is 19.5. The van der Waals surface area contributed by atoms with Gasteiger partial charge in [-0.2, -0.15) is 10.2 Å². The van der Waals surface area contributed by atoms with Crippen molar-refractivity contribution in [2.75, 3.05) is 61.5 Å². The number of amides is 5. The first-order valence-corrected chi connectivity index (χ1v) is 22.1. The molecule has 3 aromatic carbocycles. The average Bonchev–Trinajstić information content (AvgIpc) is 3.65. The number of hydrogen-bond donors (Lipinski definition) is 5. The van der Waals surface area contributed by atoms with E-state index in [-0.39, 0.29) is 30.3 Å². The van der Waals surface area contributed by atoms with Gasteiger partial charge in [0.1, 0.15) is 17.1 Å². The van der Waals surface area contributed by atoms with E-state index in [4.69, 9.17) is 16.3 Å². The van der Waals surface area contributed by atoms with E-state index in [0.717, 1.165) is 67.8 Å². The molecule has 3 aliphatic heterocycles. The fourth-order valence-corrected chi connectivity index (χ4v) is 8.65. The number of benzene rings is 3. The number of hydrogen-bond acceptors (Lipinski definition) is 12. The van der Waals surface area contributed by atoms with Crippen LogP contribution in [0.4, 0.5) is 33.6 Å². The highest BCUT2D eigenvalue weighted by Gasteiger charge is 2.39. The van der Waals surface area contributed by atoms with Crippen molar-refractivity contribution in [2.45, 2.75) is 69.6 Å². The Morgan fingerprint density at radius 2 is 1.66 bits per heavy atom. The topological polar surface area (TPSA) is 197 Å². The number of nitrogens with one attached hydrogen (secondary N) is 5. The summed E-state index contributed by atoms with van der Waals surface area (Å²) in [6.45, 7) is 4.83. The number of rotatable bonds is 13. The van der Waals surface area contributed by atoms with Gasteiger partial charge in [0.15, 0.2) is 5.82 Å². The van der Waals surface area contributed by atoms with Crippen LogP contribution in [0.1, 0.15) is 72.0 Å². The summed E-state index contributed by atoms with van der Waals surface area (Å²) in [6.07, 6.45) is 6.42. The van der Waals surface area contributed by atoms with Crippen molar-refractivity contribution in [1.29, 1.82) is 5.26 Å². The molecule has 64 heavy (non-hydrogen) atoms. The number of ether oxygens (including phenoxy) is 1. The predicted octanol–water partition coefficient (Wildman–Crippen LogP) is 5.44. The fourth-order valence-electron chi connectivity index (χ4n) is 8.51. The molecule has 330 valence electrons. The first-order chi connectivity index (χ1) is 31.2. The fraction of sp³-hybridized carbons (Fsp3) is 0.383. The minimum absolute atomic E-state index is 0.000575. The Kier molecular flexibility index (Phi) is 14.2. The van der Waals surface area contributed by atoms with Crippen molar-refractivity contribution in [3.05, 3.63) is 100 Å². The van der Waals surface area contributed by atoms with Gasteiger partial charge in [0.25, 0.3) is 5.91 Å². The number of anilines is 5. The number of piperidine rings is 1. The highest BCUT2D eigenvalue weighted by Crippen LogP contribution is 2.30. The Bertz CT molecular complexity index is 2470. The Morgan fingerprint density at radius 3 is 2.44 bits per heavy atom. The zero-order chi connectivity index (χ0) is 44.4. The molecule has 5 amide bonds. The summed E-state index contributed by atoms with van der Waals surface area (Å²) < 4.78 is 5.84. The summed E-state index contributed by atoms with van der Waals surface area (Å²) in [5, 5.41) is 25.3. The molecule has 4 aromatic rings. The monoisotopic (exact) mass is 883 g/mol. The van der Waals surface area contributed by atoms with Crippen LogP contribution in [0, 0.1) is 23.2 Å². The van der Waals surface area contributed by atoms with Gasteiger partial charge in [0, 0.05) is 86.7 Å². The van der Waals surface area contributed by atoms with Crippen molar-refractivity contribution in [2.24, 2.45) is 0 Å². The van der Waals surface area contributed by atoms with Gasteiger partial charge in [0.2, 0.25) is 17.8 Å². The Hall–Kier alpha value is -6.72. The standard InChI is InChI=1S/C47H50ClN11O5/c48-39-29-51-46(56-43(39)54-40-10-2-1-7-32(40)28-49)52-34-15-17-36(18-16-34)57-22-24-58(25-23-57)47(63)53-35-13-11-33(12-14-35)50-21-27-64-26-4-3-6-31-8-5-9-37-38(31)30-59(45(37)62)41-19-20-42(60)55-44(41)61/h1-2,5,7-10,15-18,29,33,35,41,50H,4,11-14,19-27,30H2,(H,53,63)(H,55,60,61)(H2,51,52,54,56). The number of aromatic nitrogens is 2. The maximum absolute atomic E-state index is 13.2. The Morgan fingerprint density at radius 1 is 0.891 bits per heavy atom. The molecule has 16 nitrogen and oxygen atoms in total. The zero-order valence-corrected chi connectivity index (χ0v) is 36.1. The van der Waals surface area contributed by atoms with Crippen LogP contribution in [0.3, 0.4) is 0 Å². The van der Waals surface area contributed by atoms with E-state index in [1.807, 2.05) is 41.3 Å². The molecule has 5 N–H and O–H groups in total. The summed E-state index contributed by atoms with van der Waals surface area (Å²) in [7, 11) is 0. The second-order valence-corrected chi connectivity index (χ2v) is 16.6. The lowest BCUT2D eigenvalue weighted by Gasteiger charge is -2.37. The number of urea groups is 1. The number of halogens is 1. The number of piperazine rings is 1. The molecule has 2 saturated heterocycles. The average molecular weight is 884 g/mol. The van der Waals surface area contributed by atoms with Gasteiger partial charge < -0.3 is 40.7 Å². The smallest absolute Gasteiger partial charge is 0.317 e. The van der Waals surface area contributed by atoms with E-state index in [9.17, 15) is 24.4 Å². The van der Waals surface area contributed by atoms with Crippen molar-refractivity contribution in [3.63, 3.8) is 0 Å². The number of carbonyl (C=O) groups is 4. The third-order valence-corrected chi connectivity index (χ3v) is 12.3. The highest BCUT2D eigenvalue weighted by molar-refractivity contribution is 6.33. The minimum Gasteiger partial charge on any atom is -0.379 e. The summed E-state index contributed by atoms with van der Waals surface area (Å²) >= 11 is 6.35. The molecule has 0 spiro atoms. The number of fused-ring (bicyclic) bond motifs is 1. The molecule has 1 unspecified atom stereocenters. The van der Waals surface area contributed by atoms with Crippen LogP contribution in [0.25, 0.3) is 0 Å². The number of nitriles is 1. The van der Waals surface area contributed by atoms with E-state index in [1.54, 1.807) is 35.2 Å². The second kappa shape index (κ2) is 20.6. The van der Waals surface area contributed by atoms with Gasteiger partial charge in [0.05, 0.1) is 30.7 Å². The summed E-state index contributed by atoms with van der Waals surface area (Å²) in [5.41, 5.74) is 5.09. The van der Waals surface area contributed by atoms with E-state index in [0.29, 0.717) is 85.3 Å². The lowest BCUT2D eigenvalue weighted by Crippen LogP contribution is -2.54. The molecule has 3 fully saturated rings. The van der Waals surface area contributed by atoms with Crippen LogP contribution in [0.2, 0.25) is 5.02 Å². The van der Waals surface area contributed by atoms with Crippen LogP contribution in [0.15, 0.2) is 72.9 Å². The molecule has 1 saturated carbocycles. The molecular weight excluding hydrogens is 834 g/mol. The first kappa shape index (κ1) is 43.9. The SMILES string of the molecule is N#Cc1ccccc1Nc1nc(Nc2ccc(N3CCN(C(=O)NC4CCC(NCCOCCC#Cc5cccc6c5CN(C5CCC(=O)NC5=O)C6=O)CC4)CC3)cc2)ncc1Cl. The van der Waals surface area contributed by atoms with Crippen molar-refractivity contribution < 1.29 is 23.9 Å².